The minimum absolute atomic E-state index is 0.0763. The molecule has 180 valence electrons. The molecule has 6 fully saturated rings. The molecule has 1 aromatic rings. The van der Waals surface area contributed by atoms with E-state index in [0.29, 0.717) is 18.3 Å². The van der Waals surface area contributed by atoms with Gasteiger partial charge in [-0.3, -0.25) is 4.79 Å². The van der Waals surface area contributed by atoms with Crippen LogP contribution >= 0.6 is 0 Å². The number of rotatable bonds is 7. The molecule has 6 aliphatic rings. The zero-order valence-corrected chi connectivity index (χ0v) is 19.9. The maximum Gasteiger partial charge on any atom is 0.226 e. The molecule has 6 aliphatic carbocycles. The van der Waals surface area contributed by atoms with Crippen molar-refractivity contribution in [2.75, 3.05) is 6.61 Å². The van der Waals surface area contributed by atoms with Crippen molar-refractivity contribution in [3.8, 4) is 5.75 Å². The van der Waals surface area contributed by atoms with Crippen molar-refractivity contribution < 1.29 is 19.0 Å². The Labute approximate surface area is 197 Å². The van der Waals surface area contributed by atoms with Gasteiger partial charge in [-0.05, 0) is 112 Å². The number of nitrogens with one attached hydrogen (secondary N) is 1. The van der Waals surface area contributed by atoms with E-state index in [-0.39, 0.29) is 28.9 Å². The summed E-state index contributed by atoms with van der Waals surface area (Å²) >= 11 is 0. The van der Waals surface area contributed by atoms with Gasteiger partial charge in [0.05, 0.1) is 11.9 Å². The highest BCUT2D eigenvalue weighted by atomic mass is 19.1. The average molecular weight is 456 g/mol. The Bertz CT molecular complexity index is 873. The summed E-state index contributed by atoms with van der Waals surface area (Å²) in [6.45, 7) is 2.21. The Balaban J connectivity index is 1.21. The fourth-order valence-corrected chi connectivity index (χ4v) is 6.98. The Morgan fingerprint density at radius 1 is 0.970 bits per heavy atom. The zero-order chi connectivity index (χ0) is 23.2. The number of ether oxygens (including phenoxy) is 1. The molecule has 1 aromatic carbocycles. The lowest BCUT2D eigenvalue weighted by Crippen LogP contribution is -2.62. The molecule has 7 rings (SSSR count). The molecule has 0 heterocycles. The molecule has 0 spiro atoms. The lowest BCUT2D eigenvalue weighted by atomic mass is 9.51. The first-order valence-electron chi connectivity index (χ1n) is 12.9. The summed E-state index contributed by atoms with van der Waals surface area (Å²) in [6.07, 6.45) is 12.6. The normalized spacial score (nSPS) is 37.7. The average Bonchev–Trinajstić information content (AvgIpc) is 2.87. The van der Waals surface area contributed by atoms with Crippen molar-refractivity contribution in [3.05, 3.63) is 41.7 Å². The molecule has 6 saturated carbocycles. The van der Waals surface area contributed by atoms with Crippen LogP contribution < -0.4 is 10.1 Å². The molecule has 0 radical (unpaired) electrons. The van der Waals surface area contributed by atoms with Gasteiger partial charge < -0.3 is 15.2 Å². The molecule has 0 aromatic heterocycles. The minimum Gasteiger partial charge on any atom is -0.489 e. The molecule has 4 nitrogen and oxygen atoms in total. The van der Waals surface area contributed by atoms with E-state index in [1.165, 1.54) is 5.56 Å². The predicted molar refractivity (Wildman–Crippen MR) is 127 cm³/mol. The maximum atomic E-state index is 13.5. The monoisotopic (exact) mass is 455 g/mol. The number of amides is 1. The van der Waals surface area contributed by atoms with Gasteiger partial charge in [0.1, 0.15) is 12.4 Å². The highest BCUT2D eigenvalue weighted by molar-refractivity contribution is 5.84. The van der Waals surface area contributed by atoms with E-state index < -0.39 is 5.60 Å². The fraction of sp³-hybridized carbons (Fsp3) is 0.679. The van der Waals surface area contributed by atoms with Crippen LogP contribution in [0, 0.1) is 5.41 Å². The first-order chi connectivity index (χ1) is 15.8. The topological polar surface area (TPSA) is 58.6 Å². The van der Waals surface area contributed by atoms with Crippen molar-refractivity contribution in [1.29, 1.82) is 0 Å². The molecule has 2 N–H and O–H groups in total. The van der Waals surface area contributed by atoms with Crippen LogP contribution in [0.15, 0.2) is 36.2 Å². The summed E-state index contributed by atoms with van der Waals surface area (Å²) in [6, 6.07) is 8.35. The summed E-state index contributed by atoms with van der Waals surface area (Å²) in [5, 5.41) is 14.0. The van der Waals surface area contributed by atoms with E-state index in [4.69, 9.17) is 4.74 Å². The number of benzene rings is 1. The van der Waals surface area contributed by atoms with Crippen LogP contribution in [-0.4, -0.2) is 28.8 Å². The van der Waals surface area contributed by atoms with E-state index in [9.17, 15) is 14.3 Å². The van der Waals surface area contributed by atoms with Crippen LogP contribution in [0.4, 0.5) is 4.39 Å². The van der Waals surface area contributed by atoms with E-state index in [1.807, 2.05) is 19.1 Å². The van der Waals surface area contributed by atoms with Gasteiger partial charge in [0, 0.05) is 11.0 Å². The second-order valence-electron chi connectivity index (χ2n) is 11.5. The number of fused-ring (bicyclic) bond motifs is 6. The van der Waals surface area contributed by atoms with Gasteiger partial charge in [-0.1, -0.05) is 19.1 Å². The van der Waals surface area contributed by atoms with Gasteiger partial charge in [0.25, 0.3) is 0 Å². The summed E-state index contributed by atoms with van der Waals surface area (Å²) in [5.74, 6) is 1.05. The quantitative estimate of drug-likeness (QED) is 0.540. The van der Waals surface area contributed by atoms with Gasteiger partial charge in [-0.15, -0.1) is 0 Å². The van der Waals surface area contributed by atoms with Gasteiger partial charge in [0.2, 0.25) is 5.91 Å². The fourth-order valence-electron chi connectivity index (χ4n) is 6.98. The molecule has 0 aliphatic heterocycles. The van der Waals surface area contributed by atoms with Gasteiger partial charge in [0.15, 0.2) is 0 Å². The maximum absolute atomic E-state index is 13.5. The lowest BCUT2D eigenvalue weighted by Gasteiger charge is -2.55. The SMILES string of the molecule is CC/C(=C\F)COc1ccc(C23CCC(C(=O)NC45CCC(O)(CC4)CC5)(CC2)CC3)cc1. The summed E-state index contributed by atoms with van der Waals surface area (Å²) in [7, 11) is 0. The highest BCUT2D eigenvalue weighted by Gasteiger charge is 2.55. The van der Waals surface area contributed by atoms with Crippen molar-refractivity contribution in [1.82, 2.24) is 5.32 Å². The number of carbonyl (C=O) groups excluding carboxylic acids is 1. The van der Waals surface area contributed by atoms with Crippen LogP contribution in [-0.2, 0) is 10.2 Å². The third kappa shape index (κ3) is 4.11. The van der Waals surface area contributed by atoms with E-state index in [0.717, 1.165) is 82.8 Å². The molecular formula is C28H38FNO3. The number of aliphatic hydroxyl groups is 1. The minimum atomic E-state index is -0.469. The van der Waals surface area contributed by atoms with E-state index in [1.54, 1.807) is 0 Å². The Kier molecular flexibility index (Phi) is 5.83. The number of hydrogen-bond donors (Lipinski definition) is 2. The first kappa shape index (κ1) is 22.9. The predicted octanol–water partition coefficient (Wildman–Crippen LogP) is 5.87. The molecule has 33 heavy (non-hydrogen) atoms. The van der Waals surface area contributed by atoms with Crippen LogP contribution in [0.3, 0.4) is 0 Å². The van der Waals surface area contributed by atoms with Gasteiger partial charge >= 0.3 is 0 Å². The van der Waals surface area contributed by atoms with Crippen LogP contribution in [0.5, 0.6) is 5.75 Å². The van der Waals surface area contributed by atoms with E-state index in [2.05, 4.69) is 17.4 Å². The van der Waals surface area contributed by atoms with Gasteiger partial charge in [-0.25, -0.2) is 4.39 Å². The van der Waals surface area contributed by atoms with Crippen molar-refractivity contribution in [2.45, 2.75) is 107 Å². The summed E-state index contributed by atoms with van der Waals surface area (Å²) in [4.78, 5) is 13.5. The van der Waals surface area contributed by atoms with Crippen LogP contribution in [0.1, 0.15) is 96.0 Å². The van der Waals surface area contributed by atoms with Crippen LogP contribution in [0.2, 0.25) is 0 Å². The zero-order valence-electron chi connectivity index (χ0n) is 19.9. The van der Waals surface area contributed by atoms with Gasteiger partial charge in [-0.2, -0.15) is 0 Å². The Morgan fingerprint density at radius 2 is 1.55 bits per heavy atom. The summed E-state index contributed by atoms with van der Waals surface area (Å²) in [5.41, 5.74) is 1.41. The van der Waals surface area contributed by atoms with E-state index >= 15 is 0 Å². The Morgan fingerprint density at radius 3 is 2.06 bits per heavy atom. The van der Waals surface area contributed by atoms with Crippen molar-refractivity contribution >= 4 is 5.91 Å². The molecule has 0 saturated heterocycles. The highest BCUT2D eigenvalue weighted by Crippen LogP contribution is 2.58. The van der Waals surface area contributed by atoms with Crippen molar-refractivity contribution in [2.24, 2.45) is 5.41 Å². The molecule has 0 unspecified atom stereocenters. The second-order valence-corrected chi connectivity index (χ2v) is 11.5. The largest absolute Gasteiger partial charge is 0.489 e. The lowest BCUT2D eigenvalue weighted by molar-refractivity contribution is -0.144. The van der Waals surface area contributed by atoms with Crippen LogP contribution in [0.25, 0.3) is 0 Å². The molecule has 4 bridgehead atoms. The Hall–Kier alpha value is -1.88. The molecular weight excluding hydrogens is 417 g/mol. The third-order valence-electron chi connectivity index (χ3n) is 9.81. The molecule has 5 heteroatoms. The number of halogens is 1. The third-order valence-corrected chi connectivity index (χ3v) is 9.81. The molecule has 0 atom stereocenters. The molecule has 1 amide bonds. The van der Waals surface area contributed by atoms with Crippen molar-refractivity contribution in [3.63, 3.8) is 0 Å². The summed E-state index contributed by atoms with van der Waals surface area (Å²) < 4.78 is 18.5. The second kappa shape index (κ2) is 8.41. The standard InChI is InChI=1S/C28H38FNO3/c1-2-21(19-29)20-33-23-5-3-22(4-6-23)25-7-10-26(11-8-25,12-9-25)24(31)30-27-13-16-28(32,17-14-27)18-15-27/h3-6,19,32H,2,7-18,20H2,1H3,(H,30,31)/b21-19+. The first-order valence-corrected chi connectivity index (χ1v) is 12.9. The smallest absolute Gasteiger partial charge is 0.226 e. The number of hydrogen-bond acceptors (Lipinski definition) is 3. The number of carbonyl (C=O) groups is 1.